The molecule has 0 saturated heterocycles. The van der Waals surface area contributed by atoms with Crippen LogP contribution in [0.4, 0.5) is 0 Å². The maximum Gasteiger partial charge on any atom is 0.157 e. The van der Waals surface area contributed by atoms with Crippen LogP contribution < -0.4 is 5.73 Å². The zero-order chi connectivity index (χ0) is 38.3. The smallest absolute Gasteiger partial charge is 0.157 e. The summed E-state index contributed by atoms with van der Waals surface area (Å²) < 4.78 is 6.56. The molecule has 10 aromatic rings. The third kappa shape index (κ3) is 6.62. The average Bonchev–Trinajstić information content (AvgIpc) is 3.64. The summed E-state index contributed by atoms with van der Waals surface area (Å²) in [4.78, 5) is 12.7. The highest BCUT2D eigenvalue weighted by molar-refractivity contribution is 7.99. The van der Waals surface area contributed by atoms with Crippen LogP contribution in [0.5, 0.6) is 0 Å². The Morgan fingerprint density at radius 1 is 0.561 bits per heavy atom. The van der Waals surface area contributed by atoms with Crippen LogP contribution in [0.25, 0.3) is 65.4 Å². The van der Waals surface area contributed by atoms with E-state index in [4.69, 9.17) is 20.1 Å². The van der Waals surface area contributed by atoms with Crippen LogP contribution in [0.2, 0.25) is 0 Å². The van der Waals surface area contributed by atoms with E-state index in [9.17, 15) is 0 Å². The molecule has 0 fully saturated rings. The van der Waals surface area contributed by atoms with Crippen molar-refractivity contribution in [2.45, 2.75) is 23.3 Å². The van der Waals surface area contributed by atoms with Crippen molar-refractivity contribution in [3.8, 4) is 11.1 Å². The second-order valence-corrected chi connectivity index (χ2v) is 15.5. The molecule has 0 saturated carbocycles. The Labute approximate surface area is 335 Å². The second kappa shape index (κ2) is 14.6. The molecule has 0 radical (unpaired) electrons. The Morgan fingerprint density at radius 3 is 2.11 bits per heavy atom. The molecule has 0 unspecified atom stereocenters. The number of hydrogen-bond donors (Lipinski definition) is 1. The van der Waals surface area contributed by atoms with Crippen LogP contribution in [0, 0.1) is 6.92 Å². The highest BCUT2D eigenvalue weighted by Crippen LogP contribution is 2.41. The van der Waals surface area contributed by atoms with Crippen LogP contribution in [0.1, 0.15) is 22.3 Å². The molecule has 0 bridgehead atoms. The van der Waals surface area contributed by atoms with E-state index in [1.165, 1.54) is 37.4 Å². The van der Waals surface area contributed by atoms with Crippen molar-refractivity contribution in [3.05, 3.63) is 204 Å². The lowest BCUT2D eigenvalue weighted by atomic mass is 9.98. The van der Waals surface area contributed by atoms with Crippen molar-refractivity contribution in [2.24, 2.45) is 15.7 Å². The minimum atomic E-state index is 0.370. The summed E-state index contributed by atoms with van der Waals surface area (Å²) >= 11 is 1.78. The summed E-state index contributed by atoms with van der Waals surface area (Å²) in [5, 5.41) is 9.11. The second-order valence-electron chi connectivity index (χ2n) is 14.4. The Morgan fingerprint density at radius 2 is 1.25 bits per heavy atom. The van der Waals surface area contributed by atoms with E-state index in [1.807, 2.05) is 36.4 Å². The summed E-state index contributed by atoms with van der Waals surface area (Å²) in [5.41, 5.74) is 14.9. The van der Waals surface area contributed by atoms with Crippen LogP contribution in [-0.4, -0.2) is 11.7 Å². The summed E-state index contributed by atoms with van der Waals surface area (Å²) in [6, 6.07) is 63.6. The molecule has 0 spiro atoms. The molecule has 5 heteroatoms. The number of nitrogens with zero attached hydrogens (tertiary/aromatic N) is 2. The van der Waals surface area contributed by atoms with E-state index < -0.39 is 0 Å². The van der Waals surface area contributed by atoms with Gasteiger partial charge in [-0.2, -0.15) is 0 Å². The third-order valence-corrected chi connectivity index (χ3v) is 11.9. The van der Waals surface area contributed by atoms with Gasteiger partial charge in [-0.25, -0.2) is 4.99 Å². The first-order valence-corrected chi connectivity index (χ1v) is 19.9. The summed E-state index contributed by atoms with van der Waals surface area (Å²) in [7, 11) is 0. The van der Waals surface area contributed by atoms with E-state index in [1.54, 1.807) is 11.8 Å². The predicted molar refractivity (Wildman–Crippen MR) is 241 cm³/mol. The van der Waals surface area contributed by atoms with Crippen molar-refractivity contribution in [1.82, 2.24) is 0 Å². The van der Waals surface area contributed by atoms with Crippen LogP contribution in [0.15, 0.2) is 206 Å². The Kier molecular flexibility index (Phi) is 8.85. The van der Waals surface area contributed by atoms with Crippen molar-refractivity contribution < 1.29 is 4.42 Å². The first kappa shape index (κ1) is 34.5. The minimum Gasteiger partial charge on any atom is -0.456 e. The van der Waals surface area contributed by atoms with E-state index in [0.29, 0.717) is 18.2 Å². The van der Waals surface area contributed by atoms with Gasteiger partial charge in [0, 0.05) is 31.7 Å². The Balaban J connectivity index is 1.13. The predicted octanol–water partition coefficient (Wildman–Crippen LogP) is 13.5. The molecule has 0 aliphatic rings. The highest BCUT2D eigenvalue weighted by Gasteiger charge is 2.19. The van der Waals surface area contributed by atoms with E-state index in [2.05, 4.69) is 153 Å². The minimum absolute atomic E-state index is 0.370. The number of amidine groups is 2. The normalized spacial score (nSPS) is 12.4. The van der Waals surface area contributed by atoms with Gasteiger partial charge in [-0.15, -0.1) is 0 Å². The van der Waals surface area contributed by atoms with Gasteiger partial charge < -0.3 is 10.2 Å². The van der Waals surface area contributed by atoms with E-state index in [0.717, 1.165) is 60.0 Å². The average molecular weight is 752 g/mol. The molecular formula is C52H37N3OS. The van der Waals surface area contributed by atoms with Gasteiger partial charge in [-0.1, -0.05) is 157 Å². The molecule has 0 aliphatic heterocycles. The third-order valence-electron chi connectivity index (χ3n) is 10.7. The molecule has 9 aromatic carbocycles. The topological polar surface area (TPSA) is 63.9 Å². The summed E-state index contributed by atoms with van der Waals surface area (Å²) in [6.07, 6.45) is 0. The number of hydrogen-bond acceptors (Lipinski definition) is 3. The number of aryl methyl sites for hydroxylation is 1. The number of aliphatic imine (C=N–C) groups is 2. The van der Waals surface area contributed by atoms with Gasteiger partial charge in [-0.3, -0.25) is 4.99 Å². The van der Waals surface area contributed by atoms with E-state index in [-0.39, 0.29) is 0 Å². The molecule has 0 atom stereocenters. The quantitative estimate of drug-likeness (QED) is 0.100. The molecule has 4 nitrogen and oxygen atoms in total. The zero-order valence-corrected chi connectivity index (χ0v) is 32.1. The van der Waals surface area contributed by atoms with Crippen LogP contribution in [0.3, 0.4) is 0 Å². The van der Waals surface area contributed by atoms with Gasteiger partial charge in [0.2, 0.25) is 0 Å². The van der Waals surface area contributed by atoms with Crippen molar-refractivity contribution >= 4 is 77.7 Å². The number of furan rings is 1. The largest absolute Gasteiger partial charge is 0.456 e. The number of rotatable bonds is 7. The first-order chi connectivity index (χ1) is 28.1. The van der Waals surface area contributed by atoms with Gasteiger partial charge in [0.05, 0.1) is 6.54 Å². The summed E-state index contributed by atoms with van der Waals surface area (Å²) in [5.74, 6) is 0.940. The van der Waals surface area contributed by atoms with Crippen molar-refractivity contribution in [1.29, 1.82) is 0 Å². The zero-order valence-electron chi connectivity index (χ0n) is 31.3. The molecule has 57 heavy (non-hydrogen) atoms. The number of para-hydroxylation sites is 1. The lowest BCUT2D eigenvalue weighted by molar-refractivity contribution is 0.669. The molecule has 272 valence electrons. The molecule has 0 aliphatic carbocycles. The van der Waals surface area contributed by atoms with Crippen LogP contribution >= 0.6 is 11.8 Å². The molecular weight excluding hydrogens is 715 g/mol. The van der Waals surface area contributed by atoms with Gasteiger partial charge in [-0.05, 0) is 97.9 Å². The molecule has 10 rings (SSSR count). The van der Waals surface area contributed by atoms with Crippen molar-refractivity contribution in [2.75, 3.05) is 0 Å². The fourth-order valence-electron chi connectivity index (χ4n) is 7.83. The molecule has 1 aromatic heterocycles. The molecule has 0 amide bonds. The van der Waals surface area contributed by atoms with Gasteiger partial charge in [0.25, 0.3) is 0 Å². The Bertz CT molecular complexity index is 3220. The van der Waals surface area contributed by atoms with Gasteiger partial charge in [0.15, 0.2) is 5.84 Å². The first-order valence-electron chi connectivity index (χ1n) is 19.1. The van der Waals surface area contributed by atoms with Gasteiger partial charge in [0.1, 0.15) is 17.0 Å². The fourth-order valence-corrected chi connectivity index (χ4v) is 8.92. The lowest BCUT2D eigenvalue weighted by Gasteiger charge is -2.14. The van der Waals surface area contributed by atoms with Crippen LogP contribution in [-0.2, 0) is 6.54 Å². The maximum atomic E-state index is 7.21. The lowest BCUT2D eigenvalue weighted by Crippen LogP contribution is -2.17. The number of fused-ring (bicyclic) bond motifs is 7. The molecule has 1 heterocycles. The number of benzene rings is 9. The standard InChI is InChI=1S/C52H37N3OS/c1-33-27-36-16-5-6-17-37(36)31-49(33)57-48-22-12-10-19-43(48)40-29-45(50-44-20-9-11-21-46(44)56-47(50)30-40)51(53)55-52(54-32-34-13-3-2-4-14-34)39-25-26-42-38(28-39)24-23-35-15-7-8-18-41(35)42/h2-31H,32H2,1H3,(H2,53,54,55). The van der Waals surface area contributed by atoms with E-state index >= 15 is 0 Å². The van der Waals surface area contributed by atoms with Crippen molar-refractivity contribution in [3.63, 3.8) is 0 Å². The Hall–Kier alpha value is -6.95. The molecule has 2 N–H and O–H groups in total. The highest BCUT2D eigenvalue weighted by atomic mass is 32.2. The fraction of sp³-hybridized carbons (Fsp3) is 0.0385. The maximum absolute atomic E-state index is 7.21. The van der Waals surface area contributed by atoms with Gasteiger partial charge >= 0.3 is 0 Å². The summed E-state index contributed by atoms with van der Waals surface area (Å²) in [6.45, 7) is 2.65. The monoisotopic (exact) mass is 751 g/mol. The number of nitrogens with two attached hydrogens (primary N) is 1. The SMILES string of the molecule is Cc1cc2ccccc2cc1Sc1ccccc1-c1cc(/C(N)=N/C(=N\Cc2ccccc2)c2ccc3c(ccc4ccccc43)c2)c2c(c1)oc1ccccc12.